The molecule has 0 aromatic rings. The lowest BCUT2D eigenvalue weighted by Crippen LogP contribution is -2.49. The van der Waals surface area contributed by atoms with Crippen LogP contribution in [-0.2, 0) is 14.4 Å². The van der Waals surface area contributed by atoms with E-state index in [0.717, 1.165) is 0 Å². The molecule has 1 aliphatic rings. The number of likely N-dealkylation sites (tertiary alicyclic amines) is 1. The van der Waals surface area contributed by atoms with E-state index in [1.165, 1.54) is 4.90 Å². The molecule has 20 heavy (non-hydrogen) atoms. The first-order valence-corrected chi connectivity index (χ1v) is 6.79. The van der Waals surface area contributed by atoms with Crippen LogP contribution in [0.3, 0.4) is 0 Å². The van der Waals surface area contributed by atoms with Gasteiger partial charge < -0.3 is 20.4 Å². The van der Waals surface area contributed by atoms with Crippen molar-refractivity contribution >= 4 is 17.8 Å². The minimum atomic E-state index is -1.16. The van der Waals surface area contributed by atoms with E-state index in [-0.39, 0.29) is 24.9 Å². The fourth-order valence-corrected chi connectivity index (χ4v) is 2.35. The summed E-state index contributed by atoms with van der Waals surface area (Å²) in [5, 5.41) is 21.2. The van der Waals surface area contributed by atoms with Gasteiger partial charge in [0.05, 0.1) is 11.8 Å². The number of rotatable bonds is 6. The number of nitrogens with zero attached hydrogens (tertiary/aromatic N) is 1. The molecule has 7 nitrogen and oxygen atoms in total. The maximum atomic E-state index is 12.0. The number of amides is 1. The Bertz CT molecular complexity index is 383. The first kappa shape index (κ1) is 16.4. The molecule has 2 atom stereocenters. The number of aliphatic carboxylic acids is 2. The SMILES string of the molecule is CC(C)NCCC(=O)N1CCC(C(=O)O)C(C(=O)O)C1. The molecule has 1 rings (SSSR count). The number of carbonyl (C=O) groups excluding carboxylic acids is 1. The van der Waals surface area contributed by atoms with Gasteiger partial charge in [-0.25, -0.2) is 0 Å². The van der Waals surface area contributed by atoms with Crippen LogP contribution in [0.25, 0.3) is 0 Å². The van der Waals surface area contributed by atoms with E-state index in [1.54, 1.807) is 0 Å². The molecule has 1 amide bonds. The average molecular weight is 286 g/mol. The molecule has 0 radical (unpaired) electrons. The number of carboxylic acid groups (broad SMARTS) is 2. The highest BCUT2D eigenvalue weighted by atomic mass is 16.4. The molecule has 114 valence electrons. The molecule has 0 saturated carbocycles. The van der Waals surface area contributed by atoms with Crippen LogP contribution < -0.4 is 5.32 Å². The first-order chi connectivity index (χ1) is 9.32. The molecule has 2 unspecified atom stereocenters. The van der Waals surface area contributed by atoms with Crippen molar-refractivity contribution in [2.75, 3.05) is 19.6 Å². The Morgan fingerprint density at radius 2 is 1.80 bits per heavy atom. The second kappa shape index (κ2) is 7.23. The maximum absolute atomic E-state index is 12.0. The summed E-state index contributed by atoms with van der Waals surface area (Å²) in [6, 6.07) is 0.285. The lowest BCUT2D eigenvalue weighted by molar-refractivity contribution is -0.159. The number of hydrogen-bond donors (Lipinski definition) is 3. The Morgan fingerprint density at radius 3 is 2.30 bits per heavy atom. The zero-order chi connectivity index (χ0) is 15.3. The largest absolute Gasteiger partial charge is 0.481 e. The van der Waals surface area contributed by atoms with Gasteiger partial charge in [-0.3, -0.25) is 14.4 Å². The van der Waals surface area contributed by atoms with E-state index >= 15 is 0 Å². The van der Waals surface area contributed by atoms with E-state index in [2.05, 4.69) is 5.32 Å². The molecule has 1 saturated heterocycles. The van der Waals surface area contributed by atoms with Crippen LogP contribution in [-0.4, -0.2) is 58.6 Å². The average Bonchev–Trinajstić information content (AvgIpc) is 2.37. The normalized spacial score (nSPS) is 22.9. The molecule has 1 aliphatic heterocycles. The Kier molecular flexibility index (Phi) is 5.94. The third-order valence-corrected chi connectivity index (χ3v) is 3.49. The van der Waals surface area contributed by atoms with Crippen molar-refractivity contribution in [2.24, 2.45) is 11.8 Å². The number of hydrogen-bond acceptors (Lipinski definition) is 4. The molecule has 3 N–H and O–H groups in total. The van der Waals surface area contributed by atoms with Gasteiger partial charge in [0.15, 0.2) is 0 Å². The molecule has 0 aromatic carbocycles. The van der Waals surface area contributed by atoms with Gasteiger partial charge in [-0.05, 0) is 6.42 Å². The smallest absolute Gasteiger partial charge is 0.309 e. The third kappa shape index (κ3) is 4.48. The van der Waals surface area contributed by atoms with Crippen molar-refractivity contribution in [1.29, 1.82) is 0 Å². The van der Waals surface area contributed by atoms with Gasteiger partial charge in [0.2, 0.25) is 5.91 Å². The van der Waals surface area contributed by atoms with Gasteiger partial charge in [-0.2, -0.15) is 0 Å². The van der Waals surface area contributed by atoms with Gasteiger partial charge in [0.25, 0.3) is 0 Å². The van der Waals surface area contributed by atoms with E-state index in [0.29, 0.717) is 19.5 Å². The molecule has 1 fully saturated rings. The third-order valence-electron chi connectivity index (χ3n) is 3.49. The molecule has 0 spiro atoms. The summed E-state index contributed by atoms with van der Waals surface area (Å²) < 4.78 is 0. The lowest BCUT2D eigenvalue weighted by atomic mass is 9.85. The fraction of sp³-hybridized carbons (Fsp3) is 0.769. The molecule has 0 aliphatic carbocycles. The van der Waals surface area contributed by atoms with E-state index in [9.17, 15) is 14.4 Å². The summed E-state index contributed by atoms with van der Waals surface area (Å²) in [6.07, 6.45) is 0.484. The van der Waals surface area contributed by atoms with Gasteiger partial charge in [-0.1, -0.05) is 13.8 Å². The van der Waals surface area contributed by atoms with E-state index in [4.69, 9.17) is 10.2 Å². The predicted molar refractivity (Wildman–Crippen MR) is 71.2 cm³/mol. The monoisotopic (exact) mass is 286 g/mol. The van der Waals surface area contributed by atoms with Gasteiger partial charge in [0.1, 0.15) is 0 Å². The number of carboxylic acids is 2. The lowest BCUT2D eigenvalue weighted by Gasteiger charge is -2.34. The first-order valence-electron chi connectivity index (χ1n) is 6.79. The van der Waals surface area contributed by atoms with Crippen LogP contribution in [0.4, 0.5) is 0 Å². The van der Waals surface area contributed by atoms with Crippen LogP contribution in [0.1, 0.15) is 26.7 Å². The highest BCUT2D eigenvalue weighted by molar-refractivity contribution is 5.82. The van der Waals surface area contributed by atoms with Gasteiger partial charge in [0, 0.05) is 32.1 Å². The van der Waals surface area contributed by atoms with Gasteiger partial charge in [-0.15, -0.1) is 0 Å². The zero-order valence-electron chi connectivity index (χ0n) is 11.8. The number of piperidine rings is 1. The second-order valence-electron chi connectivity index (χ2n) is 5.38. The van der Waals surface area contributed by atoms with E-state index in [1.807, 2.05) is 13.8 Å². The van der Waals surface area contributed by atoms with Crippen molar-refractivity contribution in [3.63, 3.8) is 0 Å². The quantitative estimate of drug-likeness (QED) is 0.635. The summed E-state index contributed by atoms with van der Waals surface area (Å²) in [6.45, 7) is 4.77. The van der Waals surface area contributed by atoms with Crippen LogP contribution in [0.5, 0.6) is 0 Å². The van der Waals surface area contributed by atoms with Gasteiger partial charge >= 0.3 is 11.9 Å². The topological polar surface area (TPSA) is 107 Å². The molecular weight excluding hydrogens is 264 g/mol. The zero-order valence-corrected chi connectivity index (χ0v) is 11.8. The molecule has 7 heteroatoms. The predicted octanol–water partition coefficient (Wildman–Crippen LogP) is 0.00840. The highest BCUT2D eigenvalue weighted by Crippen LogP contribution is 2.24. The second-order valence-corrected chi connectivity index (χ2v) is 5.38. The van der Waals surface area contributed by atoms with Crippen LogP contribution in [0.15, 0.2) is 0 Å². The Hall–Kier alpha value is -1.63. The van der Waals surface area contributed by atoms with Crippen LogP contribution in [0.2, 0.25) is 0 Å². The maximum Gasteiger partial charge on any atom is 0.309 e. The summed E-state index contributed by atoms with van der Waals surface area (Å²) >= 11 is 0. The molecular formula is C13H22N2O5. The summed E-state index contributed by atoms with van der Waals surface area (Å²) in [4.78, 5) is 35.6. The van der Waals surface area contributed by atoms with Crippen molar-refractivity contribution in [3.05, 3.63) is 0 Å². The number of carbonyl (C=O) groups is 3. The number of nitrogens with one attached hydrogen (secondary N) is 1. The molecule has 0 bridgehead atoms. The Morgan fingerprint density at radius 1 is 1.20 bits per heavy atom. The highest BCUT2D eigenvalue weighted by Gasteiger charge is 2.39. The van der Waals surface area contributed by atoms with Crippen molar-refractivity contribution in [3.8, 4) is 0 Å². The summed E-state index contributed by atoms with van der Waals surface area (Å²) in [7, 11) is 0. The van der Waals surface area contributed by atoms with Crippen LogP contribution in [0, 0.1) is 11.8 Å². The minimum Gasteiger partial charge on any atom is -0.481 e. The van der Waals surface area contributed by atoms with Crippen molar-refractivity contribution in [2.45, 2.75) is 32.7 Å². The van der Waals surface area contributed by atoms with Crippen LogP contribution >= 0.6 is 0 Å². The molecule has 0 aromatic heterocycles. The van der Waals surface area contributed by atoms with Crippen molar-refractivity contribution in [1.82, 2.24) is 10.2 Å². The molecule has 1 heterocycles. The minimum absolute atomic E-state index is 0.0210. The Balaban J connectivity index is 2.55. The standard InChI is InChI=1S/C13H22N2O5/c1-8(2)14-5-3-11(16)15-6-4-9(12(17)18)10(7-15)13(19)20/h8-10,14H,3-7H2,1-2H3,(H,17,18)(H,19,20). The summed E-state index contributed by atoms with van der Waals surface area (Å²) in [5.74, 6) is -4.33. The Labute approximate surface area is 117 Å². The summed E-state index contributed by atoms with van der Waals surface area (Å²) in [5.41, 5.74) is 0. The van der Waals surface area contributed by atoms with Crippen molar-refractivity contribution < 1.29 is 24.6 Å². The van der Waals surface area contributed by atoms with E-state index < -0.39 is 23.8 Å². The fourth-order valence-electron chi connectivity index (χ4n) is 2.35.